The summed E-state index contributed by atoms with van der Waals surface area (Å²) in [6.07, 6.45) is 5.60. The first-order chi connectivity index (χ1) is 6.37. The molecule has 0 saturated heterocycles. The Balaban J connectivity index is 3.71. The molecule has 0 aromatic rings. The Hall–Kier alpha value is -1.01. The molecule has 0 heterocycles. The highest BCUT2D eigenvalue weighted by atomic mass is 16.2. The molecular formula is C11H20N2O. The van der Waals surface area contributed by atoms with E-state index < -0.39 is 0 Å². The summed E-state index contributed by atoms with van der Waals surface area (Å²) >= 11 is 0. The van der Waals surface area contributed by atoms with Gasteiger partial charge in [0.05, 0.1) is 6.54 Å². The van der Waals surface area contributed by atoms with Crippen LogP contribution in [0.3, 0.4) is 0 Å². The summed E-state index contributed by atoms with van der Waals surface area (Å²) < 4.78 is 0. The molecule has 0 radical (unpaired) electrons. The molecule has 1 amide bonds. The average molecular weight is 196 g/mol. The number of hydrogen-bond acceptors (Lipinski definition) is 2. The Morgan fingerprint density at radius 2 is 2.07 bits per heavy atom. The Morgan fingerprint density at radius 3 is 2.50 bits per heavy atom. The van der Waals surface area contributed by atoms with Gasteiger partial charge in [-0.1, -0.05) is 5.92 Å². The third-order valence-corrected chi connectivity index (χ3v) is 1.75. The van der Waals surface area contributed by atoms with Gasteiger partial charge >= 0.3 is 0 Å². The fraction of sp³-hybridized carbons (Fsp3) is 0.727. The molecule has 0 rings (SSSR count). The molecule has 0 aromatic heterocycles. The van der Waals surface area contributed by atoms with Gasteiger partial charge in [-0.3, -0.25) is 4.79 Å². The van der Waals surface area contributed by atoms with Gasteiger partial charge < -0.3 is 10.2 Å². The minimum absolute atomic E-state index is 0.0605. The summed E-state index contributed by atoms with van der Waals surface area (Å²) in [4.78, 5) is 13.0. The van der Waals surface area contributed by atoms with Crippen LogP contribution in [-0.4, -0.2) is 36.5 Å². The predicted molar refractivity (Wildman–Crippen MR) is 58.8 cm³/mol. The van der Waals surface area contributed by atoms with Gasteiger partial charge in [0.25, 0.3) is 0 Å². The maximum Gasteiger partial charge on any atom is 0.224 e. The first-order valence-electron chi connectivity index (χ1n) is 4.79. The van der Waals surface area contributed by atoms with Crippen LogP contribution >= 0.6 is 0 Å². The Bertz CT molecular complexity index is 222. The van der Waals surface area contributed by atoms with Gasteiger partial charge in [-0.25, -0.2) is 0 Å². The van der Waals surface area contributed by atoms with Gasteiger partial charge in [-0.2, -0.15) is 0 Å². The lowest BCUT2D eigenvalue weighted by atomic mass is 10.1. The quantitative estimate of drug-likeness (QED) is 0.676. The number of rotatable bonds is 4. The van der Waals surface area contributed by atoms with Crippen molar-refractivity contribution in [1.29, 1.82) is 0 Å². The second-order valence-electron chi connectivity index (χ2n) is 4.38. The second kappa shape index (κ2) is 5.66. The minimum atomic E-state index is 0.0605. The number of nitrogens with zero attached hydrogens (tertiary/aromatic N) is 1. The first kappa shape index (κ1) is 13.0. The van der Waals surface area contributed by atoms with Gasteiger partial charge in [0.2, 0.25) is 5.91 Å². The van der Waals surface area contributed by atoms with E-state index in [1.807, 2.05) is 0 Å². The van der Waals surface area contributed by atoms with Crippen LogP contribution in [0.25, 0.3) is 0 Å². The molecule has 0 aromatic carbocycles. The van der Waals surface area contributed by atoms with Gasteiger partial charge in [-0.15, -0.1) is 6.42 Å². The van der Waals surface area contributed by atoms with Crippen molar-refractivity contribution in [3.05, 3.63) is 0 Å². The van der Waals surface area contributed by atoms with Crippen molar-refractivity contribution in [3.8, 4) is 12.3 Å². The molecule has 0 spiro atoms. The lowest BCUT2D eigenvalue weighted by Crippen LogP contribution is -2.38. The van der Waals surface area contributed by atoms with Crippen molar-refractivity contribution in [2.75, 3.05) is 20.1 Å². The van der Waals surface area contributed by atoms with Crippen molar-refractivity contribution in [2.24, 2.45) is 0 Å². The molecule has 0 aliphatic carbocycles. The molecular weight excluding hydrogens is 176 g/mol. The van der Waals surface area contributed by atoms with Crippen molar-refractivity contribution < 1.29 is 4.79 Å². The van der Waals surface area contributed by atoms with E-state index >= 15 is 0 Å². The summed E-state index contributed by atoms with van der Waals surface area (Å²) in [5, 5.41) is 3.25. The van der Waals surface area contributed by atoms with Crippen molar-refractivity contribution in [1.82, 2.24) is 10.2 Å². The molecule has 0 fully saturated rings. The number of carbonyl (C=O) groups is 1. The number of nitrogens with one attached hydrogen (secondary N) is 1. The number of hydrogen-bond donors (Lipinski definition) is 1. The monoisotopic (exact) mass is 196 g/mol. The fourth-order valence-electron chi connectivity index (χ4n) is 0.960. The summed E-state index contributed by atoms with van der Waals surface area (Å²) in [6, 6.07) is 0. The molecule has 0 unspecified atom stereocenters. The summed E-state index contributed by atoms with van der Waals surface area (Å²) in [6.45, 7) is 7.29. The van der Waals surface area contributed by atoms with E-state index in [4.69, 9.17) is 6.42 Å². The van der Waals surface area contributed by atoms with Crippen LogP contribution in [0.2, 0.25) is 0 Å². The largest absolute Gasteiger partial charge is 0.335 e. The topological polar surface area (TPSA) is 32.3 Å². The predicted octanol–water partition coefficient (Wildman–Crippen LogP) is 0.856. The van der Waals surface area contributed by atoms with Crippen LogP contribution in [0.5, 0.6) is 0 Å². The molecule has 0 aliphatic heterocycles. The van der Waals surface area contributed by atoms with Crippen LogP contribution in [0.1, 0.15) is 27.2 Å². The van der Waals surface area contributed by atoms with Gasteiger partial charge in [-0.05, 0) is 20.8 Å². The van der Waals surface area contributed by atoms with Crippen molar-refractivity contribution in [3.63, 3.8) is 0 Å². The maximum atomic E-state index is 11.4. The van der Waals surface area contributed by atoms with E-state index in [2.05, 4.69) is 32.0 Å². The molecule has 3 heteroatoms. The normalized spacial score (nSPS) is 10.8. The van der Waals surface area contributed by atoms with Gasteiger partial charge in [0, 0.05) is 25.6 Å². The van der Waals surface area contributed by atoms with E-state index in [0.29, 0.717) is 19.5 Å². The van der Waals surface area contributed by atoms with Crippen molar-refractivity contribution in [2.45, 2.75) is 32.7 Å². The highest BCUT2D eigenvalue weighted by Crippen LogP contribution is 1.98. The number of terminal acetylenes is 1. The molecule has 0 saturated carbocycles. The highest BCUT2D eigenvalue weighted by Gasteiger charge is 2.11. The van der Waals surface area contributed by atoms with E-state index in [1.54, 1.807) is 11.9 Å². The lowest BCUT2D eigenvalue weighted by Gasteiger charge is -2.21. The zero-order chi connectivity index (χ0) is 11.2. The summed E-state index contributed by atoms with van der Waals surface area (Å²) in [7, 11) is 1.72. The standard InChI is InChI=1S/C11H20N2O/c1-6-9-13(5)10(14)7-8-12-11(2,3)4/h1,12H,7-9H2,2-5H3. The maximum absolute atomic E-state index is 11.4. The van der Waals surface area contributed by atoms with Crippen LogP contribution in [0.4, 0.5) is 0 Å². The molecule has 3 nitrogen and oxygen atoms in total. The van der Waals surface area contributed by atoms with Crippen LogP contribution in [0.15, 0.2) is 0 Å². The third kappa shape index (κ3) is 6.50. The van der Waals surface area contributed by atoms with E-state index in [-0.39, 0.29) is 11.4 Å². The molecule has 0 aliphatic rings. The Morgan fingerprint density at radius 1 is 1.50 bits per heavy atom. The summed E-state index contributed by atoms with van der Waals surface area (Å²) in [5.74, 6) is 2.52. The lowest BCUT2D eigenvalue weighted by molar-refractivity contribution is -0.129. The van der Waals surface area contributed by atoms with Crippen LogP contribution in [-0.2, 0) is 4.79 Å². The van der Waals surface area contributed by atoms with E-state index in [1.165, 1.54) is 0 Å². The highest BCUT2D eigenvalue weighted by molar-refractivity contribution is 5.76. The molecule has 14 heavy (non-hydrogen) atoms. The fourth-order valence-corrected chi connectivity index (χ4v) is 0.960. The van der Waals surface area contributed by atoms with Gasteiger partial charge in [0.1, 0.15) is 0 Å². The third-order valence-electron chi connectivity index (χ3n) is 1.75. The average Bonchev–Trinajstić information content (AvgIpc) is 2.02. The van der Waals surface area contributed by atoms with Crippen LogP contribution < -0.4 is 5.32 Å². The smallest absolute Gasteiger partial charge is 0.224 e. The summed E-state index contributed by atoms with van der Waals surface area (Å²) in [5.41, 5.74) is 0.0605. The molecule has 0 bridgehead atoms. The number of carbonyl (C=O) groups excluding carboxylic acids is 1. The zero-order valence-corrected chi connectivity index (χ0v) is 9.55. The van der Waals surface area contributed by atoms with Crippen LogP contribution in [0, 0.1) is 12.3 Å². The number of amides is 1. The molecule has 80 valence electrons. The zero-order valence-electron chi connectivity index (χ0n) is 9.55. The second-order valence-corrected chi connectivity index (χ2v) is 4.38. The molecule has 1 N–H and O–H groups in total. The van der Waals surface area contributed by atoms with E-state index in [0.717, 1.165) is 0 Å². The Labute approximate surface area is 86.9 Å². The molecule has 0 atom stereocenters. The minimum Gasteiger partial charge on any atom is -0.335 e. The SMILES string of the molecule is C#CCN(C)C(=O)CCNC(C)(C)C. The van der Waals surface area contributed by atoms with Crippen molar-refractivity contribution >= 4 is 5.91 Å². The first-order valence-corrected chi connectivity index (χ1v) is 4.79. The van der Waals surface area contributed by atoms with E-state index in [9.17, 15) is 4.79 Å². The van der Waals surface area contributed by atoms with Gasteiger partial charge in [0.15, 0.2) is 0 Å². The Kier molecular flexibility index (Phi) is 5.26.